The smallest absolute Gasteiger partial charge is 0.244 e. The van der Waals surface area contributed by atoms with E-state index in [-0.39, 0.29) is 24.9 Å². The lowest BCUT2D eigenvalue weighted by Crippen LogP contribution is -2.52. The minimum Gasteiger partial charge on any atom is -0.354 e. The number of nitrogens with one attached hydrogen (secondary N) is 1. The zero-order valence-corrected chi connectivity index (χ0v) is 22.8. The van der Waals surface area contributed by atoms with Gasteiger partial charge in [0.05, 0.1) is 11.9 Å². The number of aryl methyl sites for hydroxylation is 3. The van der Waals surface area contributed by atoms with E-state index in [1.54, 1.807) is 12.1 Å². The maximum atomic E-state index is 13.7. The van der Waals surface area contributed by atoms with Crippen molar-refractivity contribution in [2.24, 2.45) is 5.92 Å². The Kier molecular flexibility index (Phi) is 9.89. The number of hydrogen-bond acceptors (Lipinski definition) is 4. The van der Waals surface area contributed by atoms with Gasteiger partial charge in [-0.25, -0.2) is 8.42 Å². The van der Waals surface area contributed by atoms with Gasteiger partial charge in [-0.2, -0.15) is 0 Å². The van der Waals surface area contributed by atoms with Gasteiger partial charge in [-0.15, -0.1) is 0 Å². The zero-order chi connectivity index (χ0) is 26.3. The minimum absolute atomic E-state index is 0.207. The highest BCUT2D eigenvalue weighted by Crippen LogP contribution is 2.22. The Labute approximate surface area is 210 Å². The summed E-state index contributed by atoms with van der Waals surface area (Å²) in [7, 11) is -3.75. The van der Waals surface area contributed by atoms with Gasteiger partial charge in [-0.05, 0) is 61.9 Å². The quantitative estimate of drug-likeness (QED) is 0.505. The van der Waals surface area contributed by atoms with Crippen LogP contribution in [0.4, 0.5) is 5.69 Å². The molecule has 0 spiro atoms. The number of anilines is 1. The standard InChI is InChI=1S/C27H39N3O4S/c1-8-25(27(32)28-16-19(2)3)29(17-23-11-9-10-20(4)13-23)26(31)18-30(35(7,33)34)24-14-21(5)12-22(6)15-24/h9-15,19,25H,8,16-18H2,1-7H3,(H,28,32)/t25-/m0/s1. The molecular weight excluding hydrogens is 462 g/mol. The lowest BCUT2D eigenvalue weighted by Gasteiger charge is -2.33. The third-order valence-electron chi connectivity index (χ3n) is 5.68. The number of carbonyl (C=O) groups is 2. The third kappa shape index (κ3) is 8.38. The van der Waals surface area contributed by atoms with E-state index in [1.807, 2.05) is 71.9 Å². The molecule has 2 amide bonds. The Morgan fingerprint density at radius 1 is 0.971 bits per heavy atom. The molecule has 0 aliphatic carbocycles. The van der Waals surface area contributed by atoms with Crippen LogP contribution in [0.1, 0.15) is 49.4 Å². The largest absolute Gasteiger partial charge is 0.354 e. The molecule has 0 aliphatic heterocycles. The summed E-state index contributed by atoms with van der Waals surface area (Å²) in [6, 6.07) is 12.5. The summed E-state index contributed by atoms with van der Waals surface area (Å²) in [5, 5.41) is 2.93. The summed E-state index contributed by atoms with van der Waals surface area (Å²) in [5.74, 6) is -0.398. The number of amides is 2. The van der Waals surface area contributed by atoms with E-state index in [0.29, 0.717) is 18.7 Å². The fraction of sp³-hybridized carbons (Fsp3) is 0.481. The monoisotopic (exact) mass is 501 g/mol. The second-order valence-corrected chi connectivity index (χ2v) is 11.6. The van der Waals surface area contributed by atoms with E-state index >= 15 is 0 Å². The summed E-state index contributed by atoms with van der Waals surface area (Å²) in [4.78, 5) is 28.3. The van der Waals surface area contributed by atoms with Crippen LogP contribution < -0.4 is 9.62 Å². The van der Waals surface area contributed by atoms with Crippen LogP contribution in [0.5, 0.6) is 0 Å². The fourth-order valence-electron chi connectivity index (χ4n) is 4.06. The Bertz CT molecular complexity index is 1120. The van der Waals surface area contributed by atoms with Gasteiger partial charge in [-0.1, -0.05) is 56.7 Å². The molecular formula is C27H39N3O4S. The molecule has 7 nitrogen and oxygen atoms in total. The van der Waals surface area contributed by atoms with Crippen LogP contribution >= 0.6 is 0 Å². The van der Waals surface area contributed by atoms with Crippen molar-refractivity contribution in [3.05, 3.63) is 64.7 Å². The summed E-state index contributed by atoms with van der Waals surface area (Å²) in [6.45, 7) is 11.9. The van der Waals surface area contributed by atoms with Crippen LogP contribution in [0.25, 0.3) is 0 Å². The highest BCUT2D eigenvalue weighted by molar-refractivity contribution is 7.92. The van der Waals surface area contributed by atoms with E-state index in [1.165, 1.54) is 4.90 Å². The Hall–Kier alpha value is -2.87. The molecule has 35 heavy (non-hydrogen) atoms. The van der Waals surface area contributed by atoms with E-state index < -0.39 is 22.0 Å². The Morgan fingerprint density at radius 3 is 2.11 bits per heavy atom. The van der Waals surface area contributed by atoms with Crippen LogP contribution in [0.2, 0.25) is 0 Å². The van der Waals surface area contributed by atoms with Gasteiger partial charge in [0.15, 0.2) is 0 Å². The third-order valence-corrected chi connectivity index (χ3v) is 6.82. The lowest BCUT2D eigenvalue weighted by atomic mass is 10.1. The van der Waals surface area contributed by atoms with Crippen molar-refractivity contribution in [3.63, 3.8) is 0 Å². The van der Waals surface area contributed by atoms with Crippen LogP contribution in [-0.4, -0.2) is 50.5 Å². The van der Waals surface area contributed by atoms with Crippen molar-refractivity contribution in [3.8, 4) is 0 Å². The van der Waals surface area contributed by atoms with Gasteiger partial charge >= 0.3 is 0 Å². The van der Waals surface area contributed by atoms with Gasteiger partial charge < -0.3 is 10.2 Å². The first kappa shape index (κ1) is 28.4. The van der Waals surface area contributed by atoms with Crippen molar-refractivity contribution in [1.82, 2.24) is 10.2 Å². The predicted octanol–water partition coefficient (Wildman–Crippen LogP) is 3.96. The summed E-state index contributed by atoms with van der Waals surface area (Å²) < 4.78 is 26.6. The maximum absolute atomic E-state index is 13.7. The SMILES string of the molecule is CC[C@@H](C(=O)NCC(C)C)N(Cc1cccc(C)c1)C(=O)CN(c1cc(C)cc(C)c1)S(C)(=O)=O. The molecule has 1 atom stereocenters. The molecule has 0 heterocycles. The highest BCUT2D eigenvalue weighted by atomic mass is 32.2. The number of hydrogen-bond donors (Lipinski definition) is 1. The first-order valence-electron chi connectivity index (χ1n) is 12.0. The molecule has 0 aliphatic rings. The second kappa shape index (κ2) is 12.2. The van der Waals surface area contributed by atoms with Gasteiger partial charge in [0.1, 0.15) is 12.6 Å². The van der Waals surface area contributed by atoms with E-state index in [0.717, 1.165) is 32.8 Å². The normalized spacial score (nSPS) is 12.3. The first-order chi connectivity index (χ1) is 16.3. The molecule has 0 saturated heterocycles. The van der Waals surface area contributed by atoms with Crippen LogP contribution in [0.3, 0.4) is 0 Å². The average molecular weight is 502 g/mol. The molecule has 2 rings (SSSR count). The van der Waals surface area contributed by atoms with E-state index in [4.69, 9.17) is 0 Å². The number of benzene rings is 2. The van der Waals surface area contributed by atoms with Crippen molar-refractivity contribution in [1.29, 1.82) is 0 Å². The number of nitrogens with zero attached hydrogens (tertiary/aromatic N) is 2. The Balaban J connectivity index is 2.45. The van der Waals surface area contributed by atoms with Crippen LogP contribution in [0.15, 0.2) is 42.5 Å². The molecule has 0 unspecified atom stereocenters. The van der Waals surface area contributed by atoms with Crippen LogP contribution in [0, 0.1) is 26.7 Å². The molecule has 0 aromatic heterocycles. The number of rotatable bonds is 11. The maximum Gasteiger partial charge on any atom is 0.244 e. The van der Waals surface area contributed by atoms with Gasteiger partial charge in [0.2, 0.25) is 21.8 Å². The fourth-order valence-corrected chi connectivity index (χ4v) is 4.89. The summed E-state index contributed by atoms with van der Waals surface area (Å²) in [5.41, 5.74) is 4.16. The molecule has 192 valence electrons. The van der Waals surface area contributed by atoms with Crippen molar-refractivity contribution in [2.75, 3.05) is 23.7 Å². The number of carbonyl (C=O) groups excluding carboxylic acids is 2. The molecule has 2 aromatic carbocycles. The summed E-state index contributed by atoms with van der Waals surface area (Å²) in [6.07, 6.45) is 1.50. The molecule has 1 N–H and O–H groups in total. The molecule has 0 saturated carbocycles. The topological polar surface area (TPSA) is 86.8 Å². The minimum atomic E-state index is -3.75. The lowest BCUT2D eigenvalue weighted by molar-refractivity contribution is -0.140. The van der Waals surface area contributed by atoms with Crippen molar-refractivity contribution < 1.29 is 18.0 Å². The molecule has 0 bridgehead atoms. The van der Waals surface area contributed by atoms with E-state index in [9.17, 15) is 18.0 Å². The molecule has 8 heteroatoms. The predicted molar refractivity (Wildman–Crippen MR) is 142 cm³/mol. The van der Waals surface area contributed by atoms with Crippen molar-refractivity contribution in [2.45, 2.75) is 60.5 Å². The Morgan fingerprint density at radius 2 is 1.60 bits per heavy atom. The average Bonchev–Trinajstić information content (AvgIpc) is 2.74. The first-order valence-corrected chi connectivity index (χ1v) is 13.8. The summed E-state index contributed by atoms with van der Waals surface area (Å²) >= 11 is 0. The number of sulfonamides is 1. The van der Waals surface area contributed by atoms with Crippen molar-refractivity contribution >= 4 is 27.5 Å². The second-order valence-electron chi connectivity index (χ2n) is 9.69. The van der Waals surface area contributed by atoms with E-state index in [2.05, 4.69) is 5.32 Å². The molecule has 0 fully saturated rings. The van der Waals surface area contributed by atoms with Gasteiger partial charge in [-0.3, -0.25) is 13.9 Å². The van der Waals surface area contributed by atoms with Gasteiger partial charge in [0.25, 0.3) is 0 Å². The molecule has 2 aromatic rings. The zero-order valence-electron chi connectivity index (χ0n) is 22.0. The molecule has 0 radical (unpaired) electrons. The highest BCUT2D eigenvalue weighted by Gasteiger charge is 2.31. The van der Waals surface area contributed by atoms with Gasteiger partial charge in [0, 0.05) is 13.1 Å². The van der Waals surface area contributed by atoms with Crippen LogP contribution in [-0.2, 0) is 26.2 Å².